The Balaban J connectivity index is 1.37. The summed E-state index contributed by atoms with van der Waals surface area (Å²) < 4.78 is 51.2. The highest BCUT2D eigenvalue weighted by molar-refractivity contribution is 7.90. The normalized spacial score (nSPS) is 21.8. The number of nitrogens with one attached hydrogen (secondary N) is 2. The first kappa shape index (κ1) is 25.3. The molecule has 0 aliphatic carbocycles. The van der Waals surface area contributed by atoms with E-state index in [1.54, 1.807) is 6.07 Å². The van der Waals surface area contributed by atoms with Crippen LogP contribution in [-0.4, -0.2) is 81.6 Å². The number of hydrogen-bond donors (Lipinski definition) is 2. The van der Waals surface area contributed by atoms with Gasteiger partial charge in [0.2, 0.25) is 0 Å². The molecule has 0 spiro atoms. The molecular formula is C26H30FN5O4S. The quantitative estimate of drug-likeness (QED) is 0.358. The molecule has 9 nitrogen and oxygen atoms in total. The first-order chi connectivity index (χ1) is 17.7. The maximum Gasteiger partial charge on any atom is 0.175 e. The van der Waals surface area contributed by atoms with Crippen molar-refractivity contribution in [1.82, 2.24) is 14.3 Å². The Labute approximate surface area is 215 Å². The number of nitrogens with zero attached hydrogens (tertiary/aromatic N) is 3. The summed E-state index contributed by atoms with van der Waals surface area (Å²) in [5, 5.41) is 6.54. The summed E-state index contributed by atoms with van der Waals surface area (Å²) in [6.45, 7) is 2.13. The van der Waals surface area contributed by atoms with Crippen LogP contribution in [0.3, 0.4) is 0 Å². The molecule has 0 bridgehead atoms. The summed E-state index contributed by atoms with van der Waals surface area (Å²) >= 11 is 0. The van der Waals surface area contributed by atoms with Gasteiger partial charge in [0.05, 0.1) is 48.3 Å². The predicted octanol–water partition coefficient (Wildman–Crippen LogP) is 2.74. The van der Waals surface area contributed by atoms with Gasteiger partial charge in [0.25, 0.3) is 0 Å². The molecule has 0 radical (unpaired) electrons. The van der Waals surface area contributed by atoms with Crippen molar-refractivity contribution in [3.8, 4) is 17.6 Å². The molecule has 0 unspecified atom stereocenters. The lowest BCUT2D eigenvalue weighted by Crippen LogP contribution is -2.46. The van der Waals surface area contributed by atoms with Gasteiger partial charge in [-0.3, -0.25) is 4.40 Å². The van der Waals surface area contributed by atoms with Crippen LogP contribution in [0.15, 0.2) is 41.4 Å². The molecule has 5 rings (SSSR count). The van der Waals surface area contributed by atoms with Crippen LogP contribution in [-0.2, 0) is 14.6 Å². The zero-order valence-corrected chi connectivity index (χ0v) is 21.8. The van der Waals surface area contributed by atoms with Crippen LogP contribution in [0.2, 0.25) is 0 Å². The fraction of sp³-hybridized carbons (Fsp3) is 0.423. The third-order valence-electron chi connectivity index (χ3n) is 6.59. The number of piperidine rings is 1. The Kier molecular flexibility index (Phi) is 6.98. The minimum atomic E-state index is -3.34. The van der Waals surface area contributed by atoms with Crippen LogP contribution < -0.4 is 15.4 Å². The summed E-state index contributed by atoms with van der Waals surface area (Å²) in [7, 11) is 0.0782. The first-order valence-corrected chi connectivity index (χ1v) is 14.0. The maximum absolute atomic E-state index is 14.7. The van der Waals surface area contributed by atoms with E-state index in [0.29, 0.717) is 42.4 Å². The standard InChI is InChI=1S/C26H30FN5O4S/c1-31-13-10-19(18(27)15-31)29-22-7-5-12-32-25(24-16-36-24)21(30-26(22)32)6-4-11-28-20-9-8-17(37(3,33)34)14-23(20)35-2/h5,7-9,12,14,18-19,24,28-29H,10-11,13,15-16H2,1-3H3/t18-,19+,24+/m0/s1. The largest absolute Gasteiger partial charge is 0.495 e. The first-order valence-electron chi connectivity index (χ1n) is 12.1. The second-order valence-corrected chi connectivity index (χ2v) is 11.4. The Morgan fingerprint density at radius 2 is 2.11 bits per heavy atom. The highest BCUT2D eigenvalue weighted by atomic mass is 32.2. The van der Waals surface area contributed by atoms with Crippen LogP contribution in [0.5, 0.6) is 5.75 Å². The molecule has 0 amide bonds. The Morgan fingerprint density at radius 3 is 2.81 bits per heavy atom. The minimum absolute atomic E-state index is 0.0802. The predicted molar refractivity (Wildman–Crippen MR) is 140 cm³/mol. The number of likely N-dealkylation sites (tertiary alicyclic amines) is 1. The number of halogens is 1. The zero-order chi connectivity index (χ0) is 26.2. The molecule has 3 aromatic rings. The van der Waals surface area contributed by atoms with E-state index in [1.165, 1.54) is 19.2 Å². The zero-order valence-electron chi connectivity index (χ0n) is 21.0. The number of hydrogen-bond acceptors (Lipinski definition) is 8. The van der Waals surface area contributed by atoms with Crippen molar-refractivity contribution >= 4 is 26.9 Å². The second-order valence-electron chi connectivity index (χ2n) is 9.39. The molecule has 2 aromatic heterocycles. The lowest BCUT2D eigenvalue weighted by molar-refractivity contribution is 0.149. The number of fused-ring (bicyclic) bond motifs is 1. The fourth-order valence-electron chi connectivity index (χ4n) is 4.54. The van der Waals surface area contributed by atoms with Gasteiger partial charge in [0.15, 0.2) is 15.5 Å². The van der Waals surface area contributed by atoms with E-state index in [-0.39, 0.29) is 23.6 Å². The van der Waals surface area contributed by atoms with Crippen molar-refractivity contribution in [3.63, 3.8) is 0 Å². The molecule has 37 heavy (non-hydrogen) atoms. The van der Waals surface area contributed by atoms with Crippen molar-refractivity contribution in [2.75, 3.05) is 57.3 Å². The maximum atomic E-state index is 14.7. The van der Waals surface area contributed by atoms with Crippen molar-refractivity contribution in [2.24, 2.45) is 0 Å². The molecule has 1 aromatic carbocycles. The number of alkyl halides is 1. The Bertz CT molecular complexity index is 1480. The lowest BCUT2D eigenvalue weighted by atomic mass is 10.0. The van der Waals surface area contributed by atoms with E-state index in [1.807, 2.05) is 34.7 Å². The number of aromatic nitrogens is 2. The van der Waals surface area contributed by atoms with Gasteiger partial charge < -0.3 is 25.0 Å². The number of imidazole rings is 1. The monoisotopic (exact) mass is 527 g/mol. The van der Waals surface area contributed by atoms with E-state index < -0.39 is 16.0 Å². The van der Waals surface area contributed by atoms with Gasteiger partial charge >= 0.3 is 0 Å². The second kappa shape index (κ2) is 10.2. The Hall–Kier alpha value is -3.33. The van der Waals surface area contributed by atoms with E-state index in [0.717, 1.165) is 24.2 Å². The van der Waals surface area contributed by atoms with Crippen LogP contribution in [0.4, 0.5) is 15.8 Å². The SMILES string of the molecule is COc1cc(S(C)(=O)=O)ccc1NCC#Cc1nc2c(N[C@@H]3CCN(C)C[C@@H]3F)cccn2c1[C@H]1CO1. The number of rotatable bonds is 7. The van der Waals surface area contributed by atoms with Gasteiger partial charge in [0, 0.05) is 31.6 Å². The number of sulfone groups is 1. The summed E-state index contributed by atoms with van der Waals surface area (Å²) in [6, 6.07) is 8.22. The topological polar surface area (TPSA) is 100 Å². The van der Waals surface area contributed by atoms with E-state index >= 15 is 0 Å². The molecular weight excluding hydrogens is 497 g/mol. The van der Waals surface area contributed by atoms with Crippen molar-refractivity contribution in [2.45, 2.75) is 29.6 Å². The van der Waals surface area contributed by atoms with Gasteiger partial charge in [0.1, 0.15) is 23.7 Å². The van der Waals surface area contributed by atoms with Crippen molar-refractivity contribution < 1.29 is 22.3 Å². The third-order valence-corrected chi connectivity index (χ3v) is 7.70. The molecule has 2 saturated heterocycles. The summed E-state index contributed by atoms with van der Waals surface area (Å²) in [6.07, 6.45) is 2.74. The number of pyridine rings is 1. The molecule has 196 valence electrons. The molecule has 2 aliphatic heterocycles. The summed E-state index contributed by atoms with van der Waals surface area (Å²) in [4.78, 5) is 6.97. The van der Waals surface area contributed by atoms with Gasteiger partial charge in [-0.25, -0.2) is 17.8 Å². The molecule has 2 N–H and O–H groups in total. The molecule has 11 heteroatoms. The fourth-order valence-corrected chi connectivity index (χ4v) is 5.18. The van der Waals surface area contributed by atoms with Gasteiger partial charge in [-0.15, -0.1) is 0 Å². The summed E-state index contributed by atoms with van der Waals surface area (Å²) in [5.74, 6) is 6.65. The number of epoxide rings is 1. The van der Waals surface area contributed by atoms with Crippen molar-refractivity contribution in [3.05, 3.63) is 47.9 Å². The van der Waals surface area contributed by atoms with E-state index in [2.05, 4.69) is 22.5 Å². The van der Waals surface area contributed by atoms with Gasteiger partial charge in [-0.2, -0.15) is 0 Å². The average Bonchev–Trinajstić information content (AvgIpc) is 3.63. The Morgan fingerprint density at radius 1 is 1.30 bits per heavy atom. The molecule has 4 heterocycles. The lowest BCUT2D eigenvalue weighted by Gasteiger charge is -2.33. The molecule has 2 aliphatic rings. The summed E-state index contributed by atoms with van der Waals surface area (Å²) in [5.41, 5.74) is 3.58. The number of ether oxygens (including phenoxy) is 2. The van der Waals surface area contributed by atoms with Crippen LogP contribution in [0.1, 0.15) is 23.9 Å². The van der Waals surface area contributed by atoms with E-state index in [4.69, 9.17) is 14.5 Å². The van der Waals surface area contributed by atoms with E-state index in [9.17, 15) is 12.8 Å². The van der Waals surface area contributed by atoms with Crippen LogP contribution in [0.25, 0.3) is 5.65 Å². The average molecular weight is 528 g/mol. The highest BCUT2D eigenvalue weighted by Crippen LogP contribution is 2.34. The minimum Gasteiger partial charge on any atom is -0.495 e. The highest BCUT2D eigenvalue weighted by Gasteiger charge is 2.33. The number of anilines is 2. The van der Waals surface area contributed by atoms with Crippen LogP contribution in [0, 0.1) is 11.8 Å². The number of benzene rings is 1. The van der Waals surface area contributed by atoms with Crippen molar-refractivity contribution in [1.29, 1.82) is 0 Å². The van der Waals surface area contributed by atoms with Gasteiger partial charge in [-0.1, -0.05) is 5.92 Å². The molecule has 3 atom stereocenters. The van der Waals surface area contributed by atoms with Crippen LogP contribution >= 0.6 is 0 Å². The molecule has 0 saturated carbocycles. The smallest absolute Gasteiger partial charge is 0.175 e. The third kappa shape index (κ3) is 5.51. The molecule has 2 fully saturated rings. The number of methoxy groups -OCH3 is 1. The van der Waals surface area contributed by atoms with Gasteiger partial charge in [-0.05, 0) is 43.7 Å².